The quantitative estimate of drug-likeness (QED) is 0.756. The number of carboxylic acid groups (broad SMARTS) is 1. The Labute approximate surface area is 168 Å². The van der Waals surface area contributed by atoms with Crippen LogP contribution in [0.25, 0.3) is 0 Å². The molecule has 4 rings (SSSR count). The second-order valence-corrected chi connectivity index (χ2v) is 6.97. The van der Waals surface area contributed by atoms with E-state index in [-0.39, 0.29) is 11.4 Å². The van der Waals surface area contributed by atoms with E-state index in [4.69, 9.17) is 14.6 Å². The summed E-state index contributed by atoms with van der Waals surface area (Å²) in [6, 6.07) is 6.43. The molecule has 0 atom stereocenters. The largest absolute Gasteiger partial charge is 0.490 e. The normalized spacial score (nSPS) is 15.9. The number of carboxylic acids is 1. The molecule has 1 aromatic carbocycles. The second kappa shape index (κ2) is 8.72. The lowest BCUT2D eigenvalue weighted by Crippen LogP contribution is -2.26. The zero-order valence-electron chi connectivity index (χ0n) is 15.7. The van der Waals surface area contributed by atoms with Gasteiger partial charge in [-0.15, -0.1) is 0 Å². The Morgan fingerprint density at radius 1 is 1.30 bits per heavy atom. The van der Waals surface area contributed by atoms with E-state index in [0.29, 0.717) is 37.1 Å². The molecule has 1 aliphatic carbocycles. The topological polar surface area (TPSA) is 84.7 Å². The Kier molecular flexibility index (Phi) is 6.28. The van der Waals surface area contributed by atoms with E-state index in [1.165, 1.54) is 25.0 Å². The molecule has 0 bridgehead atoms. The number of rotatable bonds is 3. The molecular formula is C19H19F4N3O4. The Hall–Kier alpha value is -3.11. The first-order chi connectivity index (χ1) is 14.1. The number of hydrogen-bond acceptors (Lipinski definition) is 5. The van der Waals surface area contributed by atoms with E-state index in [2.05, 4.69) is 4.98 Å². The Morgan fingerprint density at radius 3 is 2.60 bits per heavy atom. The number of aromatic nitrogens is 2. The first kappa shape index (κ1) is 21.6. The van der Waals surface area contributed by atoms with E-state index in [1.54, 1.807) is 17.0 Å². The summed E-state index contributed by atoms with van der Waals surface area (Å²) in [4.78, 5) is 27.8. The van der Waals surface area contributed by atoms with Gasteiger partial charge in [-0.2, -0.15) is 13.2 Å². The number of halogens is 4. The van der Waals surface area contributed by atoms with Crippen LogP contribution in [0.2, 0.25) is 0 Å². The van der Waals surface area contributed by atoms with Gasteiger partial charge in [0.15, 0.2) is 0 Å². The van der Waals surface area contributed by atoms with Crippen LogP contribution >= 0.6 is 0 Å². The van der Waals surface area contributed by atoms with Crippen molar-refractivity contribution >= 4 is 11.7 Å². The summed E-state index contributed by atoms with van der Waals surface area (Å²) in [7, 11) is 0. The number of alkyl halides is 3. The number of hydrogen-bond donors (Lipinski definition) is 1. The molecule has 1 N–H and O–H groups in total. The molecule has 1 aliphatic heterocycles. The SMILES string of the molecule is O=C(O)C(F)(F)F.O=c1c2c(ncn1CC1CC1)CN(c1cccc(F)c1)CCO2. The summed E-state index contributed by atoms with van der Waals surface area (Å²) in [6.07, 6.45) is -1.12. The highest BCUT2D eigenvalue weighted by Gasteiger charge is 2.38. The zero-order valence-corrected chi connectivity index (χ0v) is 15.7. The lowest BCUT2D eigenvalue weighted by Gasteiger charge is -2.21. The highest BCUT2D eigenvalue weighted by Crippen LogP contribution is 2.30. The van der Waals surface area contributed by atoms with Gasteiger partial charge in [-0.3, -0.25) is 9.36 Å². The number of anilines is 1. The molecule has 162 valence electrons. The van der Waals surface area contributed by atoms with E-state index >= 15 is 0 Å². The van der Waals surface area contributed by atoms with Gasteiger partial charge in [-0.05, 0) is 37.0 Å². The average Bonchev–Trinajstić information content (AvgIpc) is 3.50. The zero-order chi connectivity index (χ0) is 21.9. The molecule has 0 amide bonds. The third-order valence-electron chi connectivity index (χ3n) is 4.59. The molecule has 1 saturated carbocycles. The van der Waals surface area contributed by atoms with Crippen LogP contribution in [0.1, 0.15) is 18.5 Å². The van der Waals surface area contributed by atoms with Crippen LogP contribution in [-0.4, -0.2) is 40.0 Å². The van der Waals surface area contributed by atoms with Gasteiger partial charge in [0.05, 0.1) is 19.4 Å². The van der Waals surface area contributed by atoms with Crippen molar-refractivity contribution in [2.45, 2.75) is 32.1 Å². The minimum atomic E-state index is -5.08. The van der Waals surface area contributed by atoms with Crippen molar-refractivity contribution in [1.82, 2.24) is 9.55 Å². The number of ether oxygens (including phenoxy) is 1. The molecule has 2 heterocycles. The van der Waals surface area contributed by atoms with Crippen LogP contribution in [0.4, 0.5) is 23.2 Å². The molecule has 30 heavy (non-hydrogen) atoms. The van der Waals surface area contributed by atoms with Gasteiger partial charge < -0.3 is 14.7 Å². The van der Waals surface area contributed by atoms with E-state index in [1.807, 2.05) is 11.0 Å². The standard InChI is InChI=1S/C17H18FN3O2.C2HF3O2/c18-13-2-1-3-14(8-13)20-6-7-23-16-15(10-20)19-11-21(17(16)22)9-12-4-5-12;3-2(4,5)1(6)7/h1-3,8,11-12H,4-7,9-10H2;(H,6,7). The van der Waals surface area contributed by atoms with E-state index in [0.717, 1.165) is 12.2 Å². The van der Waals surface area contributed by atoms with Gasteiger partial charge in [0.25, 0.3) is 5.56 Å². The second-order valence-electron chi connectivity index (χ2n) is 6.97. The van der Waals surface area contributed by atoms with Gasteiger partial charge in [-0.25, -0.2) is 14.2 Å². The Bertz CT molecular complexity index is 973. The molecule has 0 saturated heterocycles. The van der Waals surface area contributed by atoms with Crippen molar-refractivity contribution in [3.05, 3.63) is 52.5 Å². The minimum Gasteiger partial charge on any atom is -0.485 e. The highest BCUT2D eigenvalue weighted by molar-refractivity contribution is 5.73. The first-order valence-electron chi connectivity index (χ1n) is 9.17. The molecule has 1 fully saturated rings. The number of carbonyl (C=O) groups is 1. The van der Waals surface area contributed by atoms with Crippen molar-refractivity contribution in [3.8, 4) is 5.75 Å². The van der Waals surface area contributed by atoms with Crippen molar-refractivity contribution in [2.24, 2.45) is 5.92 Å². The summed E-state index contributed by atoms with van der Waals surface area (Å²) in [5, 5.41) is 7.12. The van der Waals surface area contributed by atoms with Crippen molar-refractivity contribution in [2.75, 3.05) is 18.1 Å². The summed E-state index contributed by atoms with van der Waals surface area (Å²) in [5.74, 6) is -2.10. The fourth-order valence-corrected chi connectivity index (χ4v) is 2.88. The summed E-state index contributed by atoms with van der Waals surface area (Å²) in [5.41, 5.74) is 1.28. The average molecular weight is 429 g/mol. The lowest BCUT2D eigenvalue weighted by molar-refractivity contribution is -0.192. The van der Waals surface area contributed by atoms with Crippen LogP contribution in [0.15, 0.2) is 35.4 Å². The molecule has 7 nitrogen and oxygen atoms in total. The van der Waals surface area contributed by atoms with Gasteiger partial charge >= 0.3 is 12.1 Å². The summed E-state index contributed by atoms with van der Waals surface area (Å²) < 4.78 is 52.5. The fraction of sp³-hybridized carbons (Fsp3) is 0.421. The monoisotopic (exact) mass is 429 g/mol. The smallest absolute Gasteiger partial charge is 0.485 e. The Morgan fingerprint density at radius 2 is 2.00 bits per heavy atom. The molecule has 0 spiro atoms. The Balaban J connectivity index is 0.000000318. The van der Waals surface area contributed by atoms with Crippen LogP contribution in [0, 0.1) is 11.7 Å². The molecule has 2 aliphatic rings. The number of benzene rings is 1. The third kappa shape index (κ3) is 5.49. The maximum absolute atomic E-state index is 13.4. The van der Waals surface area contributed by atoms with Crippen molar-refractivity contribution in [1.29, 1.82) is 0 Å². The predicted molar refractivity (Wildman–Crippen MR) is 97.9 cm³/mol. The fourth-order valence-electron chi connectivity index (χ4n) is 2.88. The number of fused-ring (bicyclic) bond motifs is 1. The van der Waals surface area contributed by atoms with E-state index in [9.17, 15) is 22.4 Å². The molecule has 1 aromatic heterocycles. The maximum atomic E-state index is 13.4. The van der Waals surface area contributed by atoms with Crippen LogP contribution in [0.5, 0.6) is 5.75 Å². The van der Waals surface area contributed by atoms with Gasteiger partial charge in [0.2, 0.25) is 5.75 Å². The van der Waals surface area contributed by atoms with Crippen LogP contribution in [0.3, 0.4) is 0 Å². The van der Waals surface area contributed by atoms with Gasteiger partial charge in [-0.1, -0.05) is 6.07 Å². The molecule has 11 heteroatoms. The molecule has 0 radical (unpaired) electrons. The highest BCUT2D eigenvalue weighted by atomic mass is 19.4. The maximum Gasteiger partial charge on any atom is 0.490 e. The summed E-state index contributed by atoms with van der Waals surface area (Å²) >= 11 is 0. The lowest BCUT2D eigenvalue weighted by atomic mass is 10.2. The van der Waals surface area contributed by atoms with Crippen molar-refractivity contribution < 1.29 is 32.2 Å². The van der Waals surface area contributed by atoms with Gasteiger partial charge in [0.1, 0.15) is 18.1 Å². The molecule has 0 unspecified atom stereocenters. The number of aliphatic carboxylic acids is 1. The van der Waals surface area contributed by atoms with Crippen LogP contribution < -0.4 is 15.2 Å². The van der Waals surface area contributed by atoms with E-state index < -0.39 is 12.1 Å². The molecular weight excluding hydrogens is 410 g/mol. The third-order valence-corrected chi connectivity index (χ3v) is 4.59. The number of nitrogens with zero attached hydrogens (tertiary/aromatic N) is 3. The molecule has 2 aromatic rings. The van der Waals surface area contributed by atoms with Crippen LogP contribution in [-0.2, 0) is 17.9 Å². The first-order valence-corrected chi connectivity index (χ1v) is 9.17. The summed E-state index contributed by atoms with van der Waals surface area (Å²) in [6.45, 7) is 2.13. The van der Waals surface area contributed by atoms with Gasteiger partial charge in [0, 0.05) is 12.2 Å². The predicted octanol–water partition coefficient (Wildman–Crippen LogP) is 2.82. The van der Waals surface area contributed by atoms with Crippen molar-refractivity contribution in [3.63, 3.8) is 0 Å². The minimum absolute atomic E-state index is 0.108.